The van der Waals surface area contributed by atoms with Gasteiger partial charge >= 0.3 is 5.97 Å². The number of methoxy groups -OCH3 is 1. The molecule has 0 radical (unpaired) electrons. The highest BCUT2D eigenvalue weighted by Crippen LogP contribution is 2.15. The van der Waals surface area contributed by atoms with Crippen molar-refractivity contribution in [2.24, 2.45) is 0 Å². The Morgan fingerprint density at radius 1 is 1.26 bits per heavy atom. The fourth-order valence-electron chi connectivity index (χ4n) is 2.28. The van der Waals surface area contributed by atoms with Gasteiger partial charge in [0.1, 0.15) is 10.6 Å². The first-order chi connectivity index (χ1) is 12.8. The number of sulfonamides is 1. The van der Waals surface area contributed by atoms with E-state index in [-0.39, 0.29) is 30.2 Å². The van der Waals surface area contributed by atoms with Crippen LogP contribution in [-0.2, 0) is 26.0 Å². The molecule has 9 nitrogen and oxygen atoms in total. The van der Waals surface area contributed by atoms with E-state index in [1.165, 1.54) is 19.4 Å². The van der Waals surface area contributed by atoms with Crippen molar-refractivity contribution in [2.45, 2.75) is 17.7 Å². The molecule has 10 heteroatoms. The quantitative estimate of drug-likeness (QED) is 0.446. The number of carbonyl (C=O) groups excluding carboxylic acids is 1. The summed E-state index contributed by atoms with van der Waals surface area (Å²) in [5.74, 6) is -1.41. The Labute approximate surface area is 156 Å². The van der Waals surface area contributed by atoms with Crippen molar-refractivity contribution < 1.29 is 27.9 Å². The lowest BCUT2D eigenvalue weighted by molar-refractivity contribution is -0.136. The molecule has 1 aromatic heterocycles. The van der Waals surface area contributed by atoms with Gasteiger partial charge in [-0.05, 0) is 30.2 Å². The average molecular weight is 395 g/mol. The highest BCUT2D eigenvalue weighted by Gasteiger charge is 2.18. The first-order valence-electron chi connectivity index (χ1n) is 8.11. The number of amides is 1. The maximum absolute atomic E-state index is 12.3. The maximum Gasteiger partial charge on any atom is 0.303 e. The Hall–Kier alpha value is -2.69. The van der Waals surface area contributed by atoms with Crippen molar-refractivity contribution in [1.82, 2.24) is 9.71 Å². The molecule has 1 heterocycles. The van der Waals surface area contributed by atoms with Gasteiger partial charge in [0.15, 0.2) is 0 Å². The standard InChI is InChI=1S/C17H21N3O6S/c1-26-8-7-19-27(24,25)14-10-15(18-11-14)17(23)20-13-4-2-3-12(9-13)5-6-16(21)22/h2-4,9-11,18-19H,5-8H2,1H3,(H,20,23)(H,21,22). The molecule has 0 bridgehead atoms. The van der Waals surface area contributed by atoms with Crippen LogP contribution in [0.25, 0.3) is 0 Å². The van der Waals surface area contributed by atoms with Crippen LogP contribution in [0.4, 0.5) is 5.69 Å². The normalized spacial score (nSPS) is 11.3. The summed E-state index contributed by atoms with van der Waals surface area (Å²) in [5.41, 5.74) is 1.34. The van der Waals surface area contributed by atoms with Gasteiger partial charge in [-0.3, -0.25) is 9.59 Å². The summed E-state index contributed by atoms with van der Waals surface area (Å²) in [6.45, 7) is 0.351. The maximum atomic E-state index is 12.3. The topological polar surface area (TPSA) is 138 Å². The minimum absolute atomic E-state index is 0.00861. The highest BCUT2D eigenvalue weighted by atomic mass is 32.2. The van der Waals surface area contributed by atoms with Crippen molar-refractivity contribution in [3.63, 3.8) is 0 Å². The zero-order valence-corrected chi connectivity index (χ0v) is 15.5. The van der Waals surface area contributed by atoms with Crippen LogP contribution in [0.1, 0.15) is 22.5 Å². The first kappa shape index (κ1) is 20.6. The van der Waals surface area contributed by atoms with Gasteiger partial charge in [-0.1, -0.05) is 12.1 Å². The Morgan fingerprint density at radius 2 is 2.04 bits per heavy atom. The second-order valence-corrected chi connectivity index (χ2v) is 7.45. The van der Waals surface area contributed by atoms with E-state index in [2.05, 4.69) is 15.0 Å². The van der Waals surface area contributed by atoms with E-state index in [1.54, 1.807) is 24.3 Å². The summed E-state index contributed by atoms with van der Waals surface area (Å²) in [4.78, 5) is 25.6. The van der Waals surface area contributed by atoms with Gasteiger partial charge < -0.3 is 20.1 Å². The molecule has 0 unspecified atom stereocenters. The predicted molar refractivity (Wildman–Crippen MR) is 98.2 cm³/mol. The molecule has 0 atom stereocenters. The van der Waals surface area contributed by atoms with E-state index in [0.29, 0.717) is 12.1 Å². The Kier molecular flexibility index (Phi) is 7.11. The minimum atomic E-state index is -3.74. The third-order valence-corrected chi connectivity index (χ3v) is 5.06. The molecule has 0 fully saturated rings. The fraction of sp³-hybridized carbons (Fsp3) is 0.294. The third-order valence-electron chi connectivity index (χ3n) is 3.62. The summed E-state index contributed by atoms with van der Waals surface area (Å²) in [5, 5.41) is 11.4. The van der Waals surface area contributed by atoms with E-state index in [4.69, 9.17) is 9.84 Å². The molecule has 4 N–H and O–H groups in total. The second-order valence-electron chi connectivity index (χ2n) is 5.69. The molecule has 1 amide bonds. The Balaban J connectivity index is 2.04. The van der Waals surface area contributed by atoms with Crippen LogP contribution in [-0.4, -0.2) is 50.6 Å². The number of aromatic amines is 1. The summed E-state index contributed by atoms with van der Waals surface area (Å²) in [7, 11) is -2.28. The van der Waals surface area contributed by atoms with E-state index in [0.717, 1.165) is 5.56 Å². The lowest BCUT2D eigenvalue weighted by Gasteiger charge is -2.06. The molecule has 0 saturated carbocycles. The minimum Gasteiger partial charge on any atom is -0.481 e. The number of carboxylic acids is 1. The Bertz CT molecular complexity index is 907. The number of ether oxygens (including phenoxy) is 1. The fourth-order valence-corrected chi connectivity index (χ4v) is 3.28. The lowest BCUT2D eigenvalue weighted by Crippen LogP contribution is -2.26. The number of aliphatic carboxylic acids is 1. The number of rotatable bonds is 10. The van der Waals surface area contributed by atoms with Gasteiger partial charge in [-0.2, -0.15) is 0 Å². The van der Waals surface area contributed by atoms with Crippen LogP contribution in [0, 0.1) is 0 Å². The molecule has 2 aromatic rings. The number of nitrogens with one attached hydrogen (secondary N) is 3. The molecular weight excluding hydrogens is 374 g/mol. The van der Waals surface area contributed by atoms with E-state index in [9.17, 15) is 18.0 Å². The molecule has 0 spiro atoms. The molecule has 0 aliphatic heterocycles. The zero-order valence-electron chi connectivity index (χ0n) is 14.7. The molecular formula is C17H21N3O6S. The molecule has 0 aliphatic rings. The van der Waals surface area contributed by atoms with Crippen LogP contribution in [0.15, 0.2) is 41.4 Å². The lowest BCUT2D eigenvalue weighted by atomic mass is 10.1. The van der Waals surface area contributed by atoms with Crippen molar-refractivity contribution in [3.05, 3.63) is 47.8 Å². The summed E-state index contributed by atoms with van der Waals surface area (Å²) in [6, 6.07) is 8.04. The van der Waals surface area contributed by atoms with Gasteiger partial charge in [0.05, 0.1) is 6.61 Å². The first-order valence-corrected chi connectivity index (χ1v) is 9.59. The summed E-state index contributed by atoms with van der Waals surface area (Å²) >= 11 is 0. The van der Waals surface area contributed by atoms with Crippen molar-refractivity contribution in [3.8, 4) is 0 Å². The van der Waals surface area contributed by atoms with E-state index < -0.39 is 21.9 Å². The number of aryl methyl sites for hydroxylation is 1. The van der Waals surface area contributed by atoms with Crippen LogP contribution in [0.2, 0.25) is 0 Å². The molecule has 146 valence electrons. The van der Waals surface area contributed by atoms with Gasteiger partial charge in [0, 0.05) is 32.0 Å². The SMILES string of the molecule is COCCNS(=O)(=O)c1c[nH]c(C(=O)Nc2cccc(CCC(=O)O)c2)c1. The number of carbonyl (C=O) groups is 2. The molecule has 2 rings (SSSR count). The largest absolute Gasteiger partial charge is 0.481 e. The van der Waals surface area contributed by atoms with Gasteiger partial charge in [0.2, 0.25) is 10.0 Å². The predicted octanol–water partition coefficient (Wildman–Crippen LogP) is 1.21. The van der Waals surface area contributed by atoms with Crippen LogP contribution in [0.5, 0.6) is 0 Å². The number of aromatic nitrogens is 1. The van der Waals surface area contributed by atoms with Crippen LogP contribution < -0.4 is 10.0 Å². The molecule has 0 saturated heterocycles. The number of H-pyrrole nitrogens is 1. The molecule has 1 aromatic carbocycles. The van der Waals surface area contributed by atoms with E-state index in [1.807, 2.05) is 0 Å². The zero-order chi connectivity index (χ0) is 19.9. The smallest absolute Gasteiger partial charge is 0.303 e. The number of hydrogen-bond donors (Lipinski definition) is 4. The monoisotopic (exact) mass is 395 g/mol. The molecule has 27 heavy (non-hydrogen) atoms. The van der Waals surface area contributed by atoms with Crippen LogP contribution >= 0.6 is 0 Å². The van der Waals surface area contributed by atoms with Gasteiger partial charge in [-0.25, -0.2) is 13.1 Å². The molecule has 0 aliphatic carbocycles. The average Bonchev–Trinajstić information content (AvgIpc) is 3.12. The van der Waals surface area contributed by atoms with Crippen molar-refractivity contribution in [1.29, 1.82) is 0 Å². The van der Waals surface area contributed by atoms with Crippen molar-refractivity contribution in [2.75, 3.05) is 25.6 Å². The second kappa shape index (κ2) is 9.31. The Morgan fingerprint density at radius 3 is 2.74 bits per heavy atom. The van der Waals surface area contributed by atoms with Gasteiger partial charge in [0.25, 0.3) is 5.91 Å². The van der Waals surface area contributed by atoms with Gasteiger partial charge in [-0.15, -0.1) is 0 Å². The van der Waals surface area contributed by atoms with Crippen LogP contribution in [0.3, 0.4) is 0 Å². The highest BCUT2D eigenvalue weighted by molar-refractivity contribution is 7.89. The number of carboxylic acid groups (broad SMARTS) is 1. The third kappa shape index (κ3) is 6.20. The number of hydrogen-bond acceptors (Lipinski definition) is 5. The number of benzene rings is 1. The summed E-state index contributed by atoms with van der Waals surface area (Å²) < 4.78 is 31.4. The van der Waals surface area contributed by atoms with E-state index >= 15 is 0 Å². The summed E-state index contributed by atoms with van der Waals surface area (Å²) in [6.07, 6.45) is 1.57. The number of anilines is 1. The van der Waals surface area contributed by atoms with Crippen molar-refractivity contribution >= 4 is 27.6 Å².